The normalized spacial score (nSPS) is 16.4. The van der Waals surface area contributed by atoms with E-state index in [2.05, 4.69) is 52.4 Å². The summed E-state index contributed by atoms with van der Waals surface area (Å²) < 4.78 is 1.21. The molecule has 1 unspecified atom stereocenters. The molecular weight excluding hydrogens is 238 g/mol. The molecule has 1 aliphatic rings. The zero-order chi connectivity index (χ0) is 10.1. The lowest BCUT2D eigenvalue weighted by Gasteiger charge is -2.14. The molecule has 1 aromatic carbocycles. The Morgan fingerprint density at radius 3 is 2.93 bits per heavy atom. The van der Waals surface area contributed by atoms with Gasteiger partial charge in [0.05, 0.1) is 0 Å². The Labute approximate surface area is 93.3 Å². The second-order valence-electron chi connectivity index (χ2n) is 3.65. The Morgan fingerprint density at radius 1 is 1.43 bits per heavy atom. The first-order valence-corrected chi connectivity index (χ1v) is 5.68. The van der Waals surface area contributed by atoms with Crippen molar-refractivity contribution in [3.8, 4) is 0 Å². The van der Waals surface area contributed by atoms with Gasteiger partial charge in [0, 0.05) is 10.5 Å². The molecule has 0 saturated heterocycles. The molecule has 0 bridgehead atoms. The van der Waals surface area contributed by atoms with E-state index in [9.17, 15) is 0 Å². The fraction of sp³-hybridized carbons (Fsp3) is 0.333. The van der Waals surface area contributed by atoms with Gasteiger partial charge in [0.2, 0.25) is 0 Å². The summed E-state index contributed by atoms with van der Waals surface area (Å²) in [7, 11) is 2.00. The molecule has 14 heavy (non-hydrogen) atoms. The lowest BCUT2D eigenvalue weighted by atomic mass is 10.0. The van der Waals surface area contributed by atoms with Crippen molar-refractivity contribution < 1.29 is 0 Å². The summed E-state index contributed by atoms with van der Waals surface area (Å²) in [4.78, 5) is 0. The molecule has 0 aromatic heterocycles. The standard InChI is InChI=1S/C12H14BrN/c1-8(14-2)10-7-6-9-4-3-5-11(13)12(9)10/h3-5,7-8,14H,6H2,1-2H3. The summed E-state index contributed by atoms with van der Waals surface area (Å²) in [6.45, 7) is 2.19. The lowest BCUT2D eigenvalue weighted by Crippen LogP contribution is -2.22. The highest BCUT2D eigenvalue weighted by Gasteiger charge is 2.19. The third-order valence-corrected chi connectivity index (χ3v) is 3.49. The maximum absolute atomic E-state index is 3.62. The SMILES string of the molecule is CNC(C)C1=CCc2cccc(Br)c21. The van der Waals surface area contributed by atoms with Crippen LogP contribution in [0.2, 0.25) is 0 Å². The first-order chi connectivity index (χ1) is 6.74. The monoisotopic (exact) mass is 251 g/mol. The molecule has 0 fully saturated rings. The van der Waals surface area contributed by atoms with Gasteiger partial charge in [0.1, 0.15) is 0 Å². The molecule has 2 rings (SSSR count). The Balaban J connectivity index is 2.45. The summed E-state index contributed by atoms with van der Waals surface area (Å²) in [5, 5.41) is 3.29. The van der Waals surface area contributed by atoms with Crippen LogP contribution in [0.4, 0.5) is 0 Å². The van der Waals surface area contributed by atoms with Gasteiger partial charge in [-0.2, -0.15) is 0 Å². The number of likely N-dealkylation sites (N-methyl/N-ethyl adjacent to an activating group) is 1. The molecule has 0 radical (unpaired) electrons. The van der Waals surface area contributed by atoms with Crippen LogP contribution in [0, 0.1) is 0 Å². The molecule has 0 spiro atoms. The molecule has 0 saturated carbocycles. The number of halogens is 1. The molecule has 1 atom stereocenters. The number of hydrogen-bond acceptors (Lipinski definition) is 1. The molecule has 74 valence electrons. The highest BCUT2D eigenvalue weighted by Crippen LogP contribution is 2.35. The Bertz CT molecular complexity index is 382. The Hall–Kier alpha value is -0.600. The van der Waals surface area contributed by atoms with Gasteiger partial charge in [-0.05, 0) is 43.2 Å². The molecule has 1 aromatic rings. The first kappa shape index (κ1) is 9.94. The predicted octanol–water partition coefficient (Wildman–Crippen LogP) is 3.00. The number of benzene rings is 1. The molecule has 0 aliphatic heterocycles. The predicted molar refractivity (Wildman–Crippen MR) is 64.3 cm³/mol. The van der Waals surface area contributed by atoms with Crippen LogP contribution in [0.3, 0.4) is 0 Å². The number of rotatable bonds is 2. The molecule has 1 N–H and O–H groups in total. The average Bonchev–Trinajstić information content (AvgIpc) is 2.62. The van der Waals surface area contributed by atoms with Gasteiger partial charge in [-0.15, -0.1) is 0 Å². The summed E-state index contributed by atoms with van der Waals surface area (Å²) >= 11 is 3.62. The minimum atomic E-state index is 0.426. The number of nitrogens with one attached hydrogen (secondary N) is 1. The Kier molecular flexibility index (Phi) is 2.75. The minimum Gasteiger partial charge on any atom is -0.313 e. The smallest absolute Gasteiger partial charge is 0.0292 e. The van der Waals surface area contributed by atoms with E-state index < -0.39 is 0 Å². The molecule has 0 amide bonds. The molecule has 0 heterocycles. The zero-order valence-corrected chi connectivity index (χ0v) is 10.1. The van der Waals surface area contributed by atoms with Crippen LogP contribution in [-0.4, -0.2) is 13.1 Å². The minimum absolute atomic E-state index is 0.426. The second kappa shape index (κ2) is 3.87. The van der Waals surface area contributed by atoms with Crippen LogP contribution in [0.1, 0.15) is 18.1 Å². The van der Waals surface area contributed by atoms with Crippen LogP contribution in [0.5, 0.6) is 0 Å². The first-order valence-electron chi connectivity index (χ1n) is 4.89. The van der Waals surface area contributed by atoms with Crippen molar-refractivity contribution in [2.45, 2.75) is 19.4 Å². The van der Waals surface area contributed by atoms with Crippen LogP contribution in [0.15, 0.2) is 28.7 Å². The highest BCUT2D eigenvalue weighted by atomic mass is 79.9. The van der Waals surface area contributed by atoms with Gasteiger partial charge in [-0.3, -0.25) is 0 Å². The topological polar surface area (TPSA) is 12.0 Å². The molecule has 1 aliphatic carbocycles. The van der Waals surface area contributed by atoms with Crippen molar-refractivity contribution in [1.82, 2.24) is 5.32 Å². The van der Waals surface area contributed by atoms with E-state index >= 15 is 0 Å². The van der Waals surface area contributed by atoms with Crippen LogP contribution < -0.4 is 5.32 Å². The van der Waals surface area contributed by atoms with E-state index in [0.717, 1.165) is 6.42 Å². The summed E-state index contributed by atoms with van der Waals surface area (Å²) in [6, 6.07) is 6.84. The summed E-state index contributed by atoms with van der Waals surface area (Å²) in [6.07, 6.45) is 3.38. The van der Waals surface area contributed by atoms with Crippen molar-refractivity contribution in [3.05, 3.63) is 39.9 Å². The van der Waals surface area contributed by atoms with Crippen molar-refractivity contribution in [2.75, 3.05) is 7.05 Å². The summed E-state index contributed by atoms with van der Waals surface area (Å²) in [5.74, 6) is 0. The average molecular weight is 252 g/mol. The maximum atomic E-state index is 3.62. The van der Waals surface area contributed by atoms with Crippen LogP contribution in [-0.2, 0) is 6.42 Å². The van der Waals surface area contributed by atoms with Crippen molar-refractivity contribution in [3.63, 3.8) is 0 Å². The third-order valence-electron chi connectivity index (χ3n) is 2.83. The second-order valence-corrected chi connectivity index (χ2v) is 4.50. The van der Waals surface area contributed by atoms with Gasteiger partial charge in [-0.1, -0.05) is 34.1 Å². The van der Waals surface area contributed by atoms with E-state index in [1.165, 1.54) is 21.2 Å². The fourth-order valence-electron chi connectivity index (χ4n) is 1.93. The van der Waals surface area contributed by atoms with Crippen LogP contribution in [0.25, 0.3) is 5.57 Å². The third kappa shape index (κ3) is 1.53. The van der Waals surface area contributed by atoms with E-state index in [1.807, 2.05) is 7.05 Å². The van der Waals surface area contributed by atoms with E-state index in [0.29, 0.717) is 6.04 Å². The van der Waals surface area contributed by atoms with Gasteiger partial charge in [0.25, 0.3) is 0 Å². The summed E-state index contributed by atoms with van der Waals surface area (Å²) in [5.41, 5.74) is 4.22. The number of hydrogen-bond donors (Lipinski definition) is 1. The quantitative estimate of drug-likeness (QED) is 0.853. The van der Waals surface area contributed by atoms with Crippen molar-refractivity contribution >= 4 is 21.5 Å². The van der Waals surface area contributed by atoms with Gasteiger partial charge in [0.15, 0.2) is 0 Å². The largest absolute Gasteiger partial charge is 0.313 e. The van der Waals surface area contributed by atoms with Gasteiger partial charge in [-0.25, -0.2) is 0 Å². The van der Waals surface area contributed by atoms with Gasteiger partial charge < -0.3 is 5.32 Å². The highest BCUT2D eigenvalue weighted by molar-refractivity contribution is 9.10. The van der Waals surface area contributed by atoms with E-state index in [4.69, 9.17) is 0 Å². The van der Waals surface area contributed by atoms with Crippen molar-refractivity contribution in [2.24, 2.45) is 0 Å². The van der Waals surface area contributed by atoms with E-state index in [-0.39, 0.29) is 0 Å². The van der Waals surface area contributed by atoms with Crippen LogP contribution >= 0.6 is 15.9 Å². The molecule has 2 heteroatoms. The number of fused-ring (bicyclic) bond motifs is 1. The number of allylic oxidation sites excluding steroid dienone is 1. The van der Waals surface area contributed by atoms with E-state index in [1.54, 1.807) is 0 Å². The van der Waals surface area contributed by atoms with Crippen molar-refractivity contribution in [1.29, 1.82) is 0 Å². The zero-order valence-electron chi connectivity index (χ0n) is 8.47. The fourth-order valence-corrected chi connectivity index (χ4v) is 2.57. The maximum Gasteiger partial charge on any atom is 0.0292 e. The molecule has 1 nitrogen and oxygen atoms in total. The molecular formula is C12H14BrN. The Morgan fingerprint density at radius 2 is 2.21 bits per heavy atom. The van der Waals surface area contributed by atoms with Gasteiger partial charge >= 0.3 is 0 Å². The lowest BCUT2D eigenvalue weighted by molar-refractivity contribution is 0.745.